The fourth-order valence-corrected chi connectivity index (χ4v) is 1.29. The minimum Gasteiger partial charge on any atom is -0.463 e. The molecule has 0 saturated carbocycles. The second-order valence-electron chi connectivity index (χ2n) is 3.35. The molecule has 1 aliphatic rings. The molecular weight excluding hydrogens is 192 g/mol. The van der Waals surface area contributed by atoms with E-state index in [1.807, 2.05) is 31.9 Å². The Hall–Kier alpha value is -1.58. The van der Waals surface area contributed by atoms with E-state index in [4.69, 9.17) is 4.74 Å². The summed E-state index contributed by atoms with van der Waals surface area (Å²) in [5.74, 6) is 0.261. The van der Waals surface area contributed by atoms with Crippen LogP contribution in [0.5, 0.6) is 0 Å². The molecule has 0 N–H and O–H groups in total. The number of hydrogen-bond acceptors (Lipinski definition) is 4. The minimum absolute atomic E-state index is 0.356. The Morgan fingerprint density at radius 2 is 2.27 bits per heavy atom. The zero-order chi connectivity index (χ0) is 11.4. The lowest BCUT2D eigenvalue weighted by Gasteiger charge is -2.23. The summed E-state index contributed by atoms with van der Waals surface area (Å²) in [4.78, 5) is 17.4. The molecule has 15 heavy (non-hydrogen) atoms. The molecule has 1 rings (SSSR count). The van der Waals surface area contributed by atoms with Gasteiger partial charge in [-0.25, -0.2) is 9.79 Å². The molecule has 1 heterocycles. The van der Waals surface area contributed by atoms with Crippen molar-refractivity contribution in [3.05, 3.63) is 23.7 Å². The second-order valence-corrected chi connectivity index (χ2v) is 3.35. The molecule has 82 valence electrons. The lowest BCUT2D eigenvalue weighted by Crippen LogP contribution is -2.20. The predicted molar refractivity (Wildman–Crippen MR) is 59.3 cm³/mol. The van der Waals surface area contributed by atoms with E-state index in [2.05, 4.69) is 4.99 Å². The maximum Gasteiger partial charge on any atom is 0.334 e. The highest BCUT2D eigenvalue weighted by Gasteiger charge is 2.12. The van der Waals surface area contributed by atoms with Crippen molar-refractivity contribution < 1.29 is 9.53 Å². The first-order valence-corrected chi connectivity index (χ1v) is 4.90. The number of nitrogens with zero attached hydrogens (tertiary/aromatic N) is 2. The van der Waals surface area contributed by atoms with Gasteiger partial charge in [-0.1, -0.05) is 0 Å². The highest BCUT2D eigenvalue weighted by Crippen LogP contribution is 2.16. The van der Waals surface area contributed by atoms with Gasteiger partial charge in [-0.15, -0.1) is 0 Å². The lowest BCUT2D eigenvalue weighted by atomic mass is 10.2. The highest BCUT2D eigenvalue weighted by molar-refractivity contribution is 5.95. The Morgan fingerprint density at radius 3 is 2.87 bits per heavy atom. The van der Waals surface area contributed by atoms with Crippen LogP contribution in [0.1, 0.15) is 20.8 Å². The third kappa shape index (κ3) is 2.94. The second kappa shape index (κ2) is 4.77. The molecule has 0 radical (unpaired) electrons. The monoisotopic (exact) mass is 208 g/mol. The summed E-state index contributed by atoms with van der Waals surface area (Å²) in [6.45, 7) is 6.02. The molecular formula is C11H16N2O2. The predicted octanol–water partition coefficient (Wildman–Crippen LogP) is 1.70. The maximum atomic E-state index is 11.3. The summed E-state index contributed by atoms with van der Waals surface area (Å²) in [7, 11) is 1.87. The first kappa shape index (κ1) is 11.5. The number of rotatable bonds is 2. The van der Waals surface area contributed by atoms with E-state index in [9.17, 15) is 4.79 Å². The van der Waals surface area contributed by atoms with E-state index >= 15 is 0 Å². The van der Waals surface area contributed by atoms with Crippen molar-refractivity contribution >= 4 is 11.7 Å². The Morgan fingerprint density at radius 1 is 1.60 bits per heavy atom. The molecule has 0 saturated heterocycles. The van der Waals surface area contributed by atoms with Gasteiger partial charge in [-0.05, 0) is 26.8 Å². The zero-order valence-electron chi connectivity index (χ0n) is 9.57. The fraction of sp³-hybridized carbons (Fsp3) is 0.455. The number of carbonyl (C=O) groups excluding carboxylic acids is 1. The molecule has 0 atom stereocenters. The van der Waals surface area contributed by atoms with Crippen LogP contribution in [0.15, 0.2) is 28.7 Å². The van der Waals surface area contributed by atoms with Crippen molar-refractivity contribution in [3.8, 4) is 0 Å². The van der Waals surface area contributed by atoms with Gasteiger partial charge in [-0.2, -0.15) is 0 Å². The van der Waals surface area contributed by atoms with Crippen molar-refractivity contribution in [3.63, 3.8) is 0 Å². The number of esters is 1. The molecule has 0 fully saturated rings. The van der Waals surface area contributed by atoms with Crippen LogP contribution in [0.4, 0.5) is 0 Å². The maximum absolute atomic E-state index is 11.3. The molecule has 0 aromatic heterocycles. The van der Waals surface area contributed by atoms with Gasteiger partial charge in [0.15, 0.2) is 0 Å². The van der Waals surface area contributed by atoms with E-state index in [1.165, 1.54) is 6.08 Å². The molecule has 0 bridgehead atoms. The number of aliphatic imine (C=N–C) groups is 1. The van der Waals surface area contributed by atoms with Crippen molar-refractivity contribution in [1.29, 1.82) is 0 Å². The standard InChI is InChI=1S/C11H16N2O2/c1-5-15-11(14)7-10-12-8(2)6-9(3)13(10)4/h6-7H,5H2,1-4H3. The summed E-state index contributed by atoms with van der Waals surface area (Å²) in [5, 5.41) is 0. The van der Waals surface area contributed by atoms with Crippen LogP contribution >= 0.6 is 0 Å². The Bertz CT molecular complexity index is 354. The van der Waals surface area contributed by atoms with Crippen molar-refractivity contribution in [2.24, 2.45) is 4.99 Å². The smallest absolute Gasteiger partial charge is 0.334 e. The van der Waals surface area contributed by atoms with Crippen molar-refractivity contribution in [1.82, 2.24) is 4.90 Å². The quantitative estimate of drug-likeness (QED) is 0.512. The molecule has 0 unspecified atom stereocenters. The average molecular weight is 208 g/mol. The van der Waals surface area contributed by atoms with Crippen LogP contribution in [-0.4, -0.2) is 30.2 Å². The van der Waals surface area contributed by atoms with Gasteiger partial charge in [0, 0.05) is 18.5 Å². The fourth-order valence-electron chi connectivity index (χ4n) is 1.29. The third-order valence-corrected chi connectivity index (χ3v) is 2.11. The first-order chi connectivity index (χ1) is 7.04. The van der Waals surface area contributed by atoms with Crippen LogP contribution in [0.25, 0.3) is 0 Å². The summed E-state index contributed by atoms with van der Waals surface area (Å²) >= 11 is 0. The van der Waals surface area contributed by atoms with Crippen LogP contribution in [0.3, 0.4) is 0 Å². The number of allylic oxidation sites excluding steroid dienone is 2. The van der Waals surface area contributed by atoms with E-state index in [-0.39, 0.29) is 5.97 Å². The summed E-state index contributed by atoms with van der Waals surface area (Å²) < 4.78 is 4.83. The van der Waals surface area contributed by atoms with Gasteiger partial charge in [0.2, 0.25) is 0 Å². The van der Waals surface area contributed by atoms with E-state index in [1.54, 1.807) is 6.92 Å². The van der Waals surface area contributed by atoms with Gasteiger partial charge in [0.1, 0.15) is 5.82 Å². The Labute approximate surface area is 89.9 Å². The molecule has 0 aromatic rings. The Kier molecular flexibility index (Phi) is 3.66. The van der Waals surface area contributed by atoms with Crippen LogP contribution in [0, 0.1) is 0 Å². The van der Waals surface area contributed by atoms with Gasteiger partial charge in [0.25, 0.3) is 0 Å². The van der Waals surface area contributed by atoms with Crippen molar-refractivity contribution in [2.75, 3.05) is 13.7 Å². The van der Waals surface area contributed by atoms with Gasteiger partial charge >= 0.3 is 5.97 Å². The third-order valence-electron chi connectivity index (χ3n) is 2.11. The largest absolute Gasteiger partial charge is 0.463 e. The molecule has 1 aliphatic heterocycles. The van der Waals surface area contributed by atoms with E-state index in [0.717, 1.165) is 11.4 Å². The summed E-state index contributed by atoms with van der Waals surface area (Å²) in [5.41, 5.74) is 1.94. The molecule has 0 aliphatic carbocycles. The summed E-state index contributed by atoms with van der Waals surface area (Å²) in [6.07, 6.45) is 3.37. The highest BCUT2D eigenvalue weighted by atomic mass is 16.5. The van der Waals surface area contributed by atoms with Crippen LogP contribution in [0.2, 0.25) is 0 Å². The lowest BCUT2D eigenvalue weighted by molar-refractivity contribution is -0.137. The normalized spacial score (nSPS) is 18.7. The molecule has 0 aromatic carbocycles. The van der Waals surface area contributed by atoms with Gasteiger partial charge in [-0.3, -0.25) is 0 Å². The van der Waals surface area contributed by atoms with Gasteiger partial charge < -0.3 is 9.64 Å². The molecule has 4 nitrogen and oxygen atoms in total. The van der Waals surface area contributed by atoms with Gasteiger partial charge in [0.05, 0.1) is 12.7 Å². The number of ether oxygens (including phenoxy) is 1. The zero-order valence-corrected chi connectivity index (χ0v) is 9.57. The molecule has 0 amide bonds. The van der Waals surface area contributed by atoms with Crippen LogP contribution in [-0.2, 0) is 9.53 Å². The van der Waals surface area contributed by atoms with E-state index in [0.29, 0.717) is 12.4 Å². The average Bonchev–Trinajstić information content (AvgIpc) is 2.13. The van der Waals surface area contributed by atoms with Crippen molar-refractivity contribution in [2.45, 2.75) is 20.8 Å². The summed E-state index contributed by atoms with van der Waals surface area (Å²) in [6, 6.07) is 0. The SMILES string of the molecule is CCOC(=O)C=C1N=C(C)C=C(C)N1C. The molecule has 0 spiro atoms. The van der Waals surface area contributed by atoms with Crippen LogP contribution < -0.4 is 0 Å². The number of hydrogen-bond donors (Lipinski definition) is 0. The van der Waals surface area contributed by atoms with E-state index < -0.39 is 0 Å². The first-order valence-electron chi connectivity index (χ1n) is 4.90. The Balaban J connectivity index is 2.87. The number of carbonyl (C=O) groups is 1. The topological polar surface area (TPSA) is 41.9 Å². The molecule has 4 heteroatoms. The minimum atomic E-state index is -0.356.